The number of hydrogen-bond acceptors (Lipinski definition) is 9. The Kier molecular flexibility index (Phi) is 27.1. The number of fused-ring (bicyclic) bond motifs is 12. The predicted octanol–water partition coefficient (Wildman–Crippen LogP) is 19.8. The van der Waals surface area contributed by atoms with Gasteiger partial charge in [-0.15, -0.1) is 11.8 Å². The maximum atomic E-state index is 11.9. The Bertz CT molecular complexity index is 5720. The quantitative estimate of drug-likeness (QED) is 0.0598. The maximum Gasteiger partial charge on any atom is 0 e. The third kappa shape index (κ3) is 19.3. The third-order valence-corrected chi connectivity index (χ3v) is 17.0. The molecule has 14 aromatic carbocycles. The van der Waals surface area contributed by atoms with Gasteiger partial charge in [-0.2, -0.15) is 0 Å². The van der Waals surface area contributed by atoms with Crippen LogP contribution in [0.1, 0.15) is 84.6 Å². The van der Waals surface area contributed by atoms with Crippen LogP contribution in [-0.4, -0.2) is 51.0 Å². The number of carboxylic acid groups (broad SMARTS) is 2. The molecule has 0 atom stereocenters. The number of carbonyl (C=O) groups is 3. The molecule has 0 aliphatic heterocycles. The minimum Gasteiger partial charge on any atom is 0 e. The Morgan fingerprint density at radius 1 is 0.460 bits per heavy atom. The molecule has 14 aromatic rings. The van der Waals surface area contributed by atoms with Gasteiger partial charge in [-0.25, -0.2) is 9.59 Å². The minimum absolute atomic E-state index is 0. The second-order valence-electron chi connectivity index (χ2n) is 23.5. The van der Waals surface area contributed by atoms with E-state index < -0.39 is 25.9 Å². The summed E-state index contributed by atoms with van der Waals surface area (Å²) in [7, 11) is 4.44. The zero-order chi connectivity index (χ0) is 72.3. The van der Waals surface area contributed by atoms with Gasteiger partial charge in [-0.05, 0) is 255 Å². The van der Waals surface area contributed by atoms with Crippen LogP contribution in [0.25, 0.3) is 97.3 Å². The summed E-state index contributed by atoms with van der Waals surface area (Å²) in [4.78, 5) is 33.7. The van der Waals surface area contributed by atoms with Gasteiger partial charge in [0.2, 0.25) is 0 Å². The molecule has 0 aromatic heterocycles. The van der Waals surface area contributed by atoms with Gasteiger partial charge in [-0.3, -0.25) is 4.79 Å². The average molecular weight is 1650 g/mol. The fourth-order valence-electron chi connectivity index (χ4n) is 11.9. The average Bonchev–Trinajstić information content (AvgIpc) is 0.751. The van der Waals surface area contributed by atoms with E-state index in [2.05, 4.69) is 230 Å². The Morgan fingerprint density at radius 3 is 1.48 bits per heavy atom. The van der Waals surface area contributed by atoms with Crippen LogP contribution in [0.15, 0.2) is 223 Å². The number of carbonyl (C=O) groups excluding carboxylic acids is 1. The standard InChI is InChI=1S/C21H12O6.2C21H18.C11H10BO2.C10H9Br.BH.Cr.3O.U/c22-10-27-14-3-6-15-13(8-14)9-18(21(25)26)19-16-4-2-12(20(23)24)7-11(16)1-5-17(15)19;1-13-5-8-19-16(10-13)6-9-20-18-7-4-14(2)11-17(18)12-15(3)21(19)20;1-4-5-19-13-16(3)7-11-21(19)20-10-9-17-12-15(2)6-8-18(17)14-20;1-8-2-3-10-7-11(14-12-13)5-4-9(10)6-8;1-3-4-9-7-8(2)5-6-10(9)11;;;;;;/h1-10H,(H,23,24)(H,25,26);4-12H,1-3H3;6-14H,1-3H3;2-7,13H,1H3;5-7H,1-2H3;1H;;;;;/i;;;;;1D;;;;;. The van der Waals surface area contributed by atoms with E-state index in [0.29, 0.717) is 47.2 Å². The van der Waals surface area contributed by atoms with Crippen LogP contribution in [0.3, 0.4) is 0 Å². The monoisotopic (exact) mass is 1640 g/mol. The molecule has 0 amide bonds. The van der Waals surface area contributed by atoms with E-state index >= 15 is 0 Å². The molecule has 0 heterocycles. The second-order valence-corrected chi connectivity index (χ2v) is 25.0. The van der Waals surface area contributed by atoms with E-state index in [1.807, 2.05) is 44.2 Å². The molecule has 11 nitrogen and oxygen atoms in total. The van der Waals surface area contributed by atoms with Gasteiger partial charge in [-0.1, -0.05) is 186 Å². The molecule has 0 saturated carbocycles. The summed E-state index contributed by atoms with van der Waals surface area (Å²) in [6, 6.07) is 72.8. The molecular formula is C84H68B2BrCrO11U. The van der Waals surface area contributed by atoms with Crippen molar-refractivity contribution in [3.05, 3.63) is 284 Å². The van der Waals surface area contributed by atoms with E-state index in [9.17, 15) is 24.6 Å². The van der Waals surface area contributed by atoms with Crippen molar-refractivity contribution >= 4 is 137 Å². The smallest absolute Gasteiger partial charge is 0 e. The molecule has 0 aliphatic carbocycles. The van der Waals surface area contributed by atoms with Gasteiger partial charge in [0, 0.05) is 60.5 Å². The van der Waals surface area contributed by atoms with E-state index in [1.54, 1.807) is 36.4 Å². The SMILES string of the molecule is CC#Cc1cc(C)ccc1-c1ccc2cc(C)ccc2c1.CC#Cc1cc(C)ccc1Br.Cc1ccc2c(c1)cc(C)c1c3ccc(C)cc3ccc21.Cc1ccc2cc(O[B]O)ccc2c1.O=COc1ccc2c(c1)cc(C(=O)O)c1c3ccc(C(=O)O)cc3ccc21.[2H][B].[O]=[Cr](=[O])=[O].[U]. The van der Waals surface area contributed by atoms with Gasteiger partial charge >= 0.3 is 45.0 Å². The summed E-state index contributed by atoms with van der Waals surface area (Å²) in [6.45, 7) is 18.9. The zero-order valence-electron chi connectivity index (χ0n) is 57.4. The third-order valence-electron chi connectivity index (χ3n) is 16.3. The fraction of sp³-hybridized carbons (Fsp3) is 0.107. The topological polar surface area (TPSA) is 182 Å². The van der Waals surface area contributed by atoms with Crippen molar-refractivity contribution in [2.24, 2.45) is 0 Å². The Balaban J connectivity index is 0.000000178. The van der Waals surface area contributed by atoms with Crippen molar-refractivity contribution in [3.63, 3.8) is 0 Å². The molecule has 100 heavy (non-hydrogen) atoms. The molecule has 493 valence electrons. The molecule has 0 fully saturated rings. The molecule has 0 aliphatic rings. The first-order valence-corrected chi connectivity index (χ1v) is 33.4. The van der Waals surface area contributed by atoms with E-state index in [4.69, 9.17) is 27.2 Å². The van der Waals surface area contributed by atoms with E-state index in [1.165, 1.54) is 117 Å². The number of halogens is 1. The summed E-state index contributed by atoms with van der Waals surface area (Å²) >= 11 is -0.363. The van der Waals surface area contributed by atoms with Crippen molar-refractivity contribution < 1.29 is 95.5 Å². The van der Waals surface area contributed by atoms with Gasteiger partial charge in [0.1, 0.15) is 11.5 Å². The summed E-state index contributed by atoms with van der Waals surface area (Å²) in [5, 5.41) is 44.4. The largest absolute Gasteiger partial charge is 0 e. The summed E-state index contributed by atoms with van der Waals surface area (Å²) in [5.41, 5.74) is 13.8. The van der Waals surface area contributed by atoms with Crippen molar-refractivity contribution in [2.75, 3.05) is 0 Å². The van der Waals surface area contributed by atoms with Crippen LogP contribution >= 0.6 is 15.9 Å². The maximum absolute atomic E-state index is 11.9. The van der Waals surface area contributed by atoms with Crippen LogP contribution < -0.4 is 9.39 Å². The number of aromatic carboxylic acids is 2. The zero-order valence-corrected chi connectivity index (χ0v) is 63.4. The van der Waals surface area contributed by atoms with Crippen molar-refractivity contribution in [2.45, 2.75) is 62.3 Å². The van der Waals surface area contributed by atoms with E-state index in [-0.39, 0.29) is 42.2 Å². The number of rotatable bonds is 7. The number of benzene rings is 14. The Morgan fingerprint density at radius 2 is 0.880 bits per heavy atom. The molecule has 0 unspecified atom stereocenters. The van der Waals surface area contributed by atoms with Crippen LogP contribution in [-0.2, 0) is 30.2 Å². The molecular weight excluding hydrogens is 1580 g/mol. The predicted molar refractivity (Wildman–Crippen MR) is 402 cm³/mol. The molecule has 3 radical (unpaired) electrons. The molecule has 0 saturated heterocycles. The van der Waals surface area contributed by atoms with Gasteiger partial charge in [0.15, 0.2) is 0 Å². The van der Waals surface area contributed by atoms with Crippen molar-refractivity contribution in [1.29, 1.82) is 1.34 Å². The molecule has 14 rings (SSSR count). The second kappa shape index (κ2) is 35.7. The van der Waals surface area contributed by atoms with Crippen molar-refractivity contribution in [1.82, 2.24) is 0 Å². The molecule has 0 bridgehead atoms. The first-order valence-electron chi connectivity index (χ1n) is 31.6. The number of ether oxygens (including phenoxy) is 1. The number of carboxylic acids is 2. The van der Waals surface area contributed by atoms with Crippen LogP contribution in [0.5, 0.6) is 11.5 Å². The first kappa shape index (κ1) is 75.8. The van der Waals surface area contributed by atoms with Gasteiger partial charge < -0.3 is 24.6 Å². The number of hydrogen-bond donors (Lipinski definition) is 3. The summed E-state index contributed by atoms with van der Waals surface area (Å²) < 4.78 is 41.7. The molecule has 0 spiro atoms. The van der Waals surface area contributed by atoms with E-state index in [0.717, 1.165) is 31.8 Å². The normalized spacial score (nSPS) is 10.2. The van der Waals surface area contributed by atoms with Crippen LogP contribution in [0.4, 0.5) is 0 Å². The molecule has 3 N–H and O–H groups in total. The first-order chi connectivity index (χ1) is 48.1. The van der Waals surface area contributed by atoms with Crippen molar-refractivity contribution in [3.8, 4) is 46.3 Å². The Hall–Kier alpha value is -9.96. The van der Waals surface area contributed by atoms with Gasteiger partial charge in [0.05, 0.1) is 11.1 Å². The summed E-state index contributed by atoms with van der Waals surface area (Å²) in [6.07, 6.45) is 0. The Labute approximate surface area is 620 Å². The van der Waals surface area contributed by atoms with Crippen LogP contribution in [0.2, 0.25) is 0 Å². The summed E-state index contributed by atoms with van der Waals surface area (Å²) in [5.74, 6) is 10.9. The number of aryl methyl sites for hydroxylation is 7. The van der Waals surface area contributed by atoms with Crippen LogP contribution in [0, 0.1) is 103 Å². The fourth-order valence-corrected chi connectivity index (χ4v) is 12.2. The van der Waals surface area contributed by atoms with Gasteiger partial charge in [0.25, 0.3) is 6.47 Å². The minimum atomic E-state index is -3.79. The molecule has 16 heteroatoms.